The molecule has 3 heteroatoms. The lowest BCUT2D eigenvalue weighted by molar-refractivity contribution is -0.227. The van der Waals surface area contributed by atoms with E-state index in [-0.39, 0.29) is 39.8 Å². The molecule has 3 fully saturated rings. The van der Waals surface area contributed by atoms with Crippen LogP contribution in [0, 0.1) is 33.5 Å². The van der Waals surface area contributed by atoms with Crippen LogP contribution in [0.2, 0.25) is 0 Å². The molecule has 26 heavy (non-hydrogen) atoms. The highest BCUT2D eigenvalue weighted by Crippen LogP contribution is 2.71. The van der Waals surface area contributed by atoms with Crippen LogP contribution in [0.25, 0.3) is 0 Å². The molecule has 7 atom stereocenters. The first-order valence-electron chi connectivity index (χ1n) is 10.4. The molecule has 0 amide bonds. The van der Waals surface area contributed by atoms with Crippen molar-refractivity contribution in [2.75, 3.05) is 0 Å². The number of aliphatic hydroxyl groups is 1. The van der Waals surface area contributed by atoms with Crippen LogP contribution in [0.5, 0.6) is 0 Å². The maximum absolute atomic E-state index is 11.6. The number of esters is 1. The van der Waals surface area contributed by atoms with Gasteiger partial charge >= 0.3 is 5.97 Å². The average molecular weight is 363 g/mol. The molecule has 0 bridgehead atoms. The normalized spacial score (nSPS) is 50.3. The third kappa shape index (κ3) is 2.45. The van der Waals surface area contributed by atoms with Gasteiger partial charge in [-0.25, -0.2) is 0 Å². The molecule has 1 N–H and O–H groups in total. The van der Waals surface area contributed by atoms with Crippen LogP contribution in [-0.4, -0.2) is 23.3 Å². The Kier molecular flexibility index (Phi) is 4.66. The molecular weight excluding hydrogens is 324 g/mol. The largest absolute Gasteiger partial charge is 0.462 e. The lowest BCUT2D eigenvalue weighted by Gasteiger charge is -2.69. The zero-order valence-electron chi connectivity index (χ0n) is 17.6. The molecule has 3 nitrogen and oxygen atoms in total. The number of rotatable bonds is 2. The predicted octanol–water partition coefficient (Wildman–Crippen LogP) is 5.12. The highest BCUT2D eigenvalue weighted by molar-refractivity contribution is 5.66. The molecule has 3 aliphatic carbocycles. The minimum absolute atomic E-state index is 0.0133. The van der Waals surface area contributed by atoms with Crippen molar-refractivity contribution in [2.24, 2.45) is 33.5 Å². The van der Waals surface area contributed by atoms with Crippen LogP contribution in [0.4, 0.5) is 0 Å². The summed E-state index contributed by atoms with van der Waals surface area (Å²) in [7, 11) is 0. The Morgan fingerprint density at radius 3 is 2.27 bits per heavy atom. The van der Waals surface area contributed by atoms with Crippen LogP contribution in [-0.2, 0) is 9.53 Å². The molecule has 0 heterocycles. The third-order valence-electron chi connectivity index (χ3n) is 9.37. The Morgan fingerprint density at radius 1 is 1.04 bits per heavy atom. The van der Waals surface area contributed by atoms with Gasteiger partial charge in [-0.1, -0.05) is 40.7 Å². The second-order valence-electron chi connectivity index (χ2n) is 10.6. The Labute approximate surface area is 159 Å². The Balaban J connectivity index is 1.99. The van der Waals surface area contributed by atoms with Crippen molar-refractivity contribution in [2.45, 2.75) is 92.3 Å². The summed E-state index contributed by atoms with van der Waals surface area (Å²) in [5.74, 6) is 0.945. The number of aliphatic hydroxyl groups excluding tert-OH is 1. The van der Waals surface area contributed by atoms with Gasteiger partial charge in [0, 0.05) is 17.8 Å². The molecule has 148 valence electrons. The number of fused-ring (bicyclic) bond motifs is 3. The van der Waals surface area contributed by atoms with E-state index in [9.17, 15) is 9.90 Å². The summed E-state index contributed by atoms with van der Waals surface area (Å²) in [5.41, 5.74) is 0.0427. The summed E-state index contributed by atoms with van der Waals surface area (Å²) in [5, 5.41) is 10.8. The van der Waals surface area contributed by atoms with E-state index in [1.165, 1.54) is 6.92 Å². The molecule has 0 unspecified atom stereocenters. The van der Waals surface area contributed by atoms with Crippen molar-refractivity contribution in [3.63, 3.8) is 0 Å². The highest BCUT2D eigenvalue weighted by atomic mass is 16.5. The van der Waals surface area contributed by atoms with Gasteiger partial charge in [0.05, 0.1) is 6.10 Å². The van der Waals surface area contributed by atoms with E-state index in [2.05, 4.69) is 41.2 Å². The molecule has 3 saturated carbocycles. The number of hydrogen-bond acceptors (Lipinski definition) is 3. The number of carbonyl (C=O) groups is 1. The van der Waals surface area contributed by atoms with Crippen LogP contribution < -0.4 is 0 Å². The van der Waals surface area contributed by atoms with Gasteiger partial charge < -0.3 is 9.84 Å². The fraction of sp³-hybridized carbons (Fsp3) is 0.870. The summed E-state index contributed by atoms with van der Waals surface area (Å²) >= 11 is 0. The zero-order valence-corrected chi connectivity index (χ0v) is 17.6. The summed E-state index contributed by atoms with van der Waals surface area (Å²) in [6.07, 6.45) is 7.97. The van der Waals surface area contributed by atoms with Crippen LogP contribution in [0.15, 0.2) is 12.7 Å². The van der Waals surface area contributed by atoms with Crippen molar-refractivity contribution in [1.29, 1.82) is 0 Å². The molecular formula is C23H38O3. The Hall–Kier alpha value is -0.830. The Morgan fingerprint density at radius 2 is 1.69 bits per heavy atom. The van der Waals surface area contributed by atoms with Crippen molar-refractivity contribution in [1.82, 2.24) is 0 Å². The molecule has 3 aliphatic rings. The minimum atomic E-state index is -0.299. The smallest absolute Gasteiger partial charge is 0.302 e. The van der Waals surface area contributed by atoms with Gasteiger partial charge in [-0.05, 0) is 61.2 Å². The quantitative estimate of drug-likeness (QED) is 0.547. The fourth-order valence-corrected chi connectivity index (χ4v) is 7.61. The standard InChI is InChI=1S/C23H38O3/c1-8-22(6)18(25)10-9-17-21(5)13-12-19(26-15(2)24)20(3,4)16(21)11-14-23(17,22)7/h8,16-19,25H,1,9-14H2,2-7H3/t16-,17+,18+,19-,21-,22-,23-/m1/s1. The molecule has 0 aromatic rings. The molecule has 0 saturated heterocycles. The highest BCUT2D eigenvalue weighted by Gasteiger charge is 2.66. The monoisotopic (exact) mass is 362 g/mol. The summed E-state index contributed by atoms with van der Waals surface area (Å²) in [6.45, 7) is 17.4. The van der Waals surface area contributed by atoms with E-state index in [0.29, 0.717) is 11.8 Å². The van der Waals surface area contributed by atoms with E-state index in [0.717, 1.165) is 38.5 Å². The molecule has 0 radical (unpaired) electrons. The summed E-state index contributed by atoms with van der Waals surface area (Å²) in [4.78, 5) is 11.6. The predicted molar refractivity (Wildman–Crippen MR) is 105 cm³/mol. The van der Waals surface area contributed by atoms with E-state index >= 15 is 0 Å². The minimum Gasteiger partial charge on any atom is -0.462 e. The second kappa shape index (κ2) is 6.09. The van der Waals surface area contributed by atoms with Crippen molar-refractivity contribution in [3.8, 4) is 0 Å². The first kappa shape index (κ1) is 19.9. The third-order valence-corrected chi connectivity index (χ3v) is 9.37. The average Bonchev–Trinajstić information content (AvgIpc) is 2.54. The van der Waals surface area contributed by atoms with Crippen molar-refractivity contribution in [3.05, 3.63) is 12.7 Å². The lowest BCUT2D eigenvalue weighted by Crippen LogP contribution is -2.65. The Bertz CT molecular complexity index is 596. The SMILES string of the molecule is C=C[C@]1(C)[C@@H](O)CC[C@H]2[C@]3(C)CC[C@@H](OC(C)=O)C(C)(C)[C@H]3CC[C@]21C. The fourth-order valence-electron chi connectivity index (χ4n) is 7.61. The van der Waals surface area contributed by atoms with Gasteiger partial charge in [0.1, 0.15) is 6.10 Å². The molecule has 0 spiro atoms. The maximum Gasteiger partial charge on any atom is 0.302 e. The van der Waals surface area contributed by atoms with Gasteiger partial charge in [0.15, 0.2) is 0 Å². The van der Waals surface area contributed by atoms with E-state index < -0.39 is 0 Å². The van der Waals surface area contributed by atoms with Crippen molar-refractivity contribution >= 4 is 5.97 Å². The number of carbonyl (C=O) groups excluding carboxylic acids is 1. The van der Waals surface area contributed by atoms with E-state index in [4.69, 9.17) is 4.74 Å². The van der Waals surface area contributed by atoms with E-state index in [1.807, 2.05) is 6.08 Å². The number of hydrogen-bond donors (Lipinski definition) is 1. The zero-order chi connectivity index (χ0) is 19.5. The van der Waals surface area contributed by atoms with Crippen LogP contribution >= 0.6 is 0 Å². The molecule has 3 rings (SSSR count). The molecule has 0 aliphatic heterocycles. The number of ether oxygens (including phenoxy) is 1. The first-order valence-corrected chi connectivity index (χ1v) is 10.4. The topological polar surface area (TPSA) is 46.5 Å². The summed E-state index contributed by atoms with van der Waals surface area (Å²) < 4.78 is 5.75. The van der Waals surface area contributed by atoms with Crippen LogP contribution in [0.3, 0.4) is 0 Å². The maximum atomic E-state index is 11.6. The molecule has 0 aromatic heterocycles. The lowest BCUT2D eigenvalue weighted by atomic mass is 9.36. The second-order valence-corrected chi connectivity index (χ2v) is 10.6. The molecule has 0 aromatic carbocycles. The first-order chi connectivity index (χ1) is 11.9. The summed E-state index contributed by atoms with van der Waals surface area (Å²) in [6, 6.07) is 0. The van der Waals surface area contributed by atoms with Gasteiger partial charge in [-0.15, -0.1) is 6.58 Å². The van der Waals surface area contributed by atoms with Gasteiger partial charge in [-0.3, -0.25) is 4.79 Å². The van der Waals surface area contributed by atoms with Crippen molar-refractivity contribution < 1.29 is 14.6 Å². The van der Waals surface area contributed by atoms with Gasteiger partial charge in [0.25, 0.3) is 0 Å². The van der Waals surface area contributed by atoms with Gasteiger partial charge in [0.2, 0.25) is 0 Å². The van der Waals surface area contributed by atoms with Crippen LogP contribution in [0.1, 0.15) is 80.1 Å². The van der Waals surface area contributed by atoms with E-state index in [1.54, 1.807) is 0 Å². The van der Waals surface area contributed by atoms with Gasteiger partial charge in [-0.2, -0.15) is 0 Å².